The van der Waals surface area contributed by atoms with Gasteiger partial charge in [0.2, 0.25) is 0 Å². The Hall–Kier alpha value is -5.05. The van der Waals surface area contributed by atoms with Gasteiger partial charge in [-0.3, -0.25) is 9.38 Å². The normalized spacial score (nSPS) is 12.3. The summed E-state index contributed by atoms with van der Waals surface area (Å²) in [6.07, 6.45) is 3.92. The number of para-hydroxylation sites is 5. The molecule has 0 aliphatic rings. The maximum absolute atomic E-state index is 5.11. The molecule has 0 saturated carbocycles. The minimum absolute atomic E-state index is 0.471. The Morgan fingerprint density at radius 2 is 1.41 bits per heavy atom. The van der Waals surface area contributed by atoms with Crippen molar-refractivity contribution in [1.82, 2.24) is 19.4 Å². The smallest absolute Gasteiger partial charge is 0.146 e. The molecule has 4 aromatic heterocycles. The quantitative estimate of drug-likeness (QED) is 0.181. The van der Waals surface area contributed by atoms with Crippen molar-refractivity contribution in [2.75, 3.05) is 0 Å². The van der Waals surface area contributed by atoms with Crippen LogP contribution in [0.5, 0.6) is 0 Å². The first-order valence-corrected chi connectivity index (χ1v) is 14.8. The fourth-order valence-corrected chi connectivity index (χ4v) is 7.55. The molecule has 41 heavy (non-hydrogen) atoms. The SMILES string of the molecule is c1ccc2c(c1)nc1c3cc(Pc4ccncc4-c4cccc5c4[nH]c4ccccc45)ccc3c3ccccc3n21. The van der Waals surface area contributed by atoms with Gasteiger partial charge in [-0.15, -0.1) is 0 Å². The Balaban J connectivity index is 1.24. The summed E-state index contributed by atoms with van der Waals surface area (Å²) in [5, 5.41) is 8.68. The molecule has 192 valence electrons. The Morgan fingerprint density at radius 3 is 2.37 bits per heavy atom. The average Bonchev–Trinajstić information content (AvgIpc) is 3.61. The minimum atomic E-state index is 0.471. The number of H-pyrrole nitrogens is 1. The summed E-state index contributed by atoms with van der Waals surface area (Å²) >= 11 is 0. The molecule has 0 spiro atoms. The molecule has 5 heteroatoms. The number of rotatable bonds is 3. The molecule has 1 atom stereocenters. The van der Waals surface area contributed by atoms with Crippen molar-refractivity contribution in [3.05, 3.63) is 128 Å². The molecule has 1 N–H and O–H groups in total. The standard InChI is InChI=1S/C36H23N4P/c1-3-12-30-24(8-1)26-10-7-11-27(35(26)38-30)29-21-37-19-18-34(29)41-22-16-17-23-25-9-2-5-14-32(25)40-33-15-6-4-13-31(33)39-36(40)28(23)20-22/h1-21,38,41H. The third-order valence-electron chi connectivity index (χ3n) is 8.19. The second-order valence-corrected chi connectivity index (χ2v) is 11.8. The maximum Gasteiger partial charge on any atom is 0.146 e. The summed E-state index contributed by atoms with van der Waals surface area (Å²) in [7, 11) is 0.471. The number of imidazole rings is 1. The van der Waals surface area contributed by atoms with Crippen LogP contribution in [0.15, 0.2) is 128 Å². The van der Waals surface area contributed by atoms with E-state index in [4.69, 9.17) is 4.98 Å². The molecule has 4 heterocycles. The lowest BCUT2D eigenvalue weighted by atomic mass is 10.0. The molecule has 0 radical (unpaired) electrons. The number of hydrogen-bond donors (Lipinski definition) is 1. The molecule has 5 aromatic carbocycles. The summed E-state index contributed by atoms with van der Waals surface area (Å²) in [4.78, 5) is 13.3. The predicted octanol–water partition coefficient (Wildman–Crippen LogP) is 8.12. The van der Waals surface area contributed by atoms with E-state index in [1.165, 1.54) is 54.2 Å². The van der Waals surface area contributed by atoms with Gasteiger partial charge in [-0.05, 0) is 52.4 Å². The van der Waals surface area contributed by atoms with Gasteiger partial charge in [0.25, 0.3) is 0 Å². The van der Waals surface area contributed by atoms with Crippen LogP contribution in [0.1, 0.15) is 0 Å². The molecule has 1 unspecified atom stereocenters. The van der Waals surface area contributed by atoms with Crippen molar-refractivity contribution in [2.45, 2.75) is 0 Å². The van der Waals surface area contributed by atoms with E-state index in [0.717, 1.165) is 27.7 Å². The van der Waals surface area contributed by atoms with E-state index in [0.29, 0.717) is 8.58 Å². The van der Waals surface area contributed by atoms with Crippen molar-refractivity contribution >= 4 is 79.4 Å². The zero-order chi connectivity index (χ0) is 26.9. The highest BCUT2D eigenvalue weighted by Gasteiger charge is 2.16. The third-order valence-corrected chi connectivity index (χ3v) is 9.49. The first kappa shape index (κ1) is 22.7. The van der Waals surface area contributed by atoms with E-state index in [2.05, 4.69) is 130 Å². The summed E-state index contributed by atoms with van der Waals surface area (Å²) in [6, 6.07) is 41.2. The van der Waals surface area contributed by atoms with Crippen LogP contribution in [0.25, 0.3) is 71.3 Å². The van der Waals surface area contributed by atoms with Crippen molar-refractivity contribution < 1.29 is 0 Å². The monoisotopic (exact) mass is 542 g/mol. The first-order valence-electron chi connectivity index (χ1n) is 13.8. The number of nitrogens with zero attached hydrogens (tertiary/aromatic N) is 3. The van der Waals surface area contributed by atoms with Crippen molar-refractivity contribution in [1.29, 1.82) is 0 Å². The van der Waals surface area contributed by atoms with Crippen LogP contribution < -0.4 is 10.6 Å². The van der Waals surface area contributed by atoms with Crippen LogP contribution in [0.3, 0.4) is 0 Å². The van der Waals surface area contributed by atoms with Gasteiger partial charge in [-0.1, -0.05) is 87.4 Å². The molecule has 0 aliphatic carbocycles. The Morgan fingerprint density at radius 1 is 0.610 bits per heavy atom. The number of benzene rings is 5. The number of fused-ring (bicyclic) bond motifs is 11. The van der Waals surface area contributed by atoms with Gasteiger partial charge >= 0.3 is 0 Å². The highest BCUT2D eigenvalue weighted by molar-refractivity contribution is 7.55. The maximum atomic E-state index is 5.11. The largest absolute Gasteiger partial charge is 0.354 e. The van der Waals surface area contributed by atoms with E-state index in [1.807, 2.05) is 12.4 Å². The van der Waals surface area contributed by atoms with Crippen molar-refractivity contribution in [2.24, 2.45) is 0 Å². The van der Waals surface area contributed by atoms with Gasteiger partial charge in [0.05, 0.1) is 22.1 Å². The molecule has 0 saturated heterocycles. The molecule has 0 fully saturated rings. The molecule has 9 aromatic rings. The molecule has 4 nitrogen and oxygen atoms in total. The number of pyridine rings is 2. The lowest BCUT2D eigenvalue weighted by Crippen LogP contribution is -2.07. The van der Waals surface area contributed by atoms with Gasteiger partial charge in [-0.2, -0.15) is 0 Å². The lowest BCUT2D eigenvalue weighted by Gasteiger charge is -2.13. The number of nitrogens with one attached hydrogen (secondary N) is 1. The Kier molecular flexibility index (Phi) is 4.84. The summed E-state index contributed by atoms with van der Waals surface area (Å²) in [5.74, 6) is 0. The molecular formula is C36H23N4P. The van der Waals surface area contributed by atoms with E-state index < -0.39 is 0 Å². The van der Waals surface area contributed by atoms with Crippen LogP contribution in [0.2, 0.25) is 0 Å². The first-order chi connectivity index (χ1) is 20.3. The van der Waals surface area contributed by atoms with Gasteiger partial charge in [-0.25, -0.2) is 4.98 Å². The number of aromatic amines is 1. The van der Waals surface area contributed by atoms with E-state index in [9.17, 15) is 0 Å². The third kappa shape index (κ3) is 3.38. The van der Waals surface area contributed by atoms with Crippen LogP contribution >= 0.6 is 8.58 Å². The zero-order valence-corrected chi connectivity index (χ0v) is 23.0. The van der Waals surface area contributed by atoms with Gasteiger partial charge < -0.3 is 4.98 Å². The molecule has 0 bridgehead atoms. The van der Waals surface area contributed by atoms with E-state index in [-0.39, 0.29) is 0 Å². The average molecular weight is 543 g/mol. The topological polar surface area (TPSA) is 46.0 Å². The van der Waals surface area contributed by atoms with Crippen LogP contribution in [0.4, 0.5) is 0 Å². The minimum Gasteiger partial charge on any atom is -0.354 e. The Labute approximate surface area is 237 Å². The van der Waals surface area contributed by atoms with E-state index in [1.54, 1.807) is 0 Å². The highest BCUT2D eigenvalue weighted by atomic mass is 31.1. The van der Waals surface area contributed by atoms with Gasteiger partial charge in [0.1, 0.15) is 5.65 Å². The predicted molar refractivity (Wildman–Crippen MR) is 174 cm³/mol. The van der Waals surface area contributed by atoms with Gasteiger partial charge in [0, 0.05) is 50.6 Å². The molecule has 0 aliphatic heterocycles. The van der Waals surface area contributed by atoms with Crippen LogP contribution in [-0.4, -0.2) is 19.4 Å². The van der Waals surface area contributed by atoms with Crippen LogP contribution in [0, 0.1) is 0 Å². The van der Waals surface area contributed by atoms with E-state index >= 15 is 0 Å². The van der Waals surface area contributed by atoms with Crippen molar-refractivity contribution in [3.8, 4) is 11.1 Å². The highest BCUT2D eigenvalue weighted by Crippen LogP contribution is 2.35. The molecule has 0 amide bonds. The van der Waals surface area contributed by atoms with Crippen LogP contribution in [-0.2, 0) is 0 Å². The van der Waals surface area contributed by atoms with Crippen molar-refractivity contribution in [3.63, 3.8) is 0 Å². The summed E-state index contributed by atoms with van der Waals surface area (Å²) in [6.45, 7) is 0. The summed E-state index contributed by atoms with van der Waals surface area (Å²) in [5.41, 5.74) is 8.99. The van der Waals surface area contributed by atoms with Gasteiger partial charge in [0.15, 0.2) is 0 Å². The Bertz CT molecular complexity index is 2470. The number of hydrogen-bond acceptors (Lipinski definition) is 2. The second kappa shape index (κ2) is 8.72. The zero-order valence-electron chi connectivity index (χ0n) is 22.0. The lowest BCUT2D eigenvalue weighted by molar-refractivity contribution is 1.32. The molecule has 9 rings (SSSR count). The molecular weight excluding hydrogens is 519 g/mol. The fraction of sp³-hybridized carbons (Fsp3) is 0. The fourth-order valence-electron chi connectivity index (χ4n) is 6.36. The second-order valence-electron chi connectivity index (χ2n) is 10.5. The number of aromatic nitrogens is 4. The summed E-state index contributed by atoms with van der Waals surface area (Å²) < 4.78 is 2.31.